The number of thiophene rings is 1. The van der Waals surface area contributed by atoms with Crippen LogP contribution in [0.5, 0.6) is 5.06 Å². The number of halogens is 1. The maximum atomic E-state index is 15.0. The van der Waals surface area contributed by atoms with E-state index in [9.17, 15) is 18.8 Å². The lowest BCUT2D eigenvalue weighted by Gasteiger charge is -2.34. The molecule has 0 radical (unpaired) electrons. The number of hydrogen-bond donors (Lipinski definition) is 3. The van der Waals surface area contributed by atoms with Gasteiger partial charge in [0.1, 0.15) is 11.9 Å². The van der Waals surface area contributed by atoms with Gasteiger partial charge in [-0.3, -0.25) is 19.8 Å². The van der Waals surface area contributed by atoms with E-state index < -0.39 is 11.9 Å². The highest BCUT2D eigenvalue weighted by molar-refractivity contribution is 7.14. The molecule has 1 saturated heterocycles. The first-order chi connectivity index (χ1) is 21.7. The third-order valence-electron chi connectivity index (χ3n) is 8.36. The Balaban J connectivity index is 1.22. The molecule has 1 aliphatic heterocycles. The fraction of sp³-hybridized carbons (Fsp3) is 0.333. The Bertz CT molecular complexity index is 1800. The van der Waals surface area contributed by atoms with Crippen LogP contribution in [0.15, 0.2) is 53.5 Å². The van der Waals surface area contributed by atoms with Crippen molar-refractivity contribution >= 4 is 40.5 Å². The summed E-state index contributed by atoms with van der Waals surface area (Å²) in [4.78, 5) is 46.3. The van der Waals surface area contributed by atoms with Gasteiger partial charge in [0.15, 0.2) is 10.9 Å². The van der Waals surface area contributed by atoms with Gasteiger partial charge in [-0.25, -0.2) is 14.2 Å². The summed E-state index contributed by atoms with van der Waals surface area (Å²) in [7, 11) is 1.61. The number of hydrogen-bond acceptors (Lipinski definition) is 8. The number of rotatable bonds is 7. The largest absolute Gasteiger partial charge is 0.417 e. The van der Waals surface area contributed by atoms with Gasteiger partial charge in [-0.1, -0.05) is 19.1 Å². The quantitative estimate of drug-likeness (QED) is 0.241. The molecule has 1 atom stereocenters. The smallest absolute Gasteiger partial charge is 0.399 e. The summed E-state index contributed by atoms with van der Waals surface area (Å²) in [6.45, 7) is 5.86. The molecule has 4 aromatic rings. The number of aryl methyl sites for hydroxylation is 3. The van der Waals surface area contributed by atoms with Gasteiger partial charge in [0.25, 0.3) is 5.56 Å². The van der Waals surface area contributed by atoms with Gasteiger partial charge >= 0.3 is 6.09 Å². The number of nitrogens with one attached hydrogen (secondary N) is 3. The molecule has 234 valence electrons. The number of likely N-dealkylation sites (N-methyl/N-ethyl adjacent to an activating group) is 1. The van der Waals surface area contributed by atoms with Crippen LogP contribution in [0.3, 0.4) is 0 Å². The Morgan fingerprint density at radius 2 is 1.93 bits per heavy atom. The second-order valence-corrected chi connectivity index (χ2v) is 12.4. The number of ether oxygens (including phenoxy) is 1. The lowest BCUT2D eigenvalue weighted by atomic mass is 10.00. The average Bonchev–Trinajstić information content (AvgIpc) is 3.44. The maximum absolute atomic E-state index is 15.0. The molecule has 2 amide bonds. The standard InChI is InChI=1S/C33H35FN6O4S/c1-4-40-16-15-35-31(41)29(40)20-9-11-22(12-10-20)36-30-32(42)39(3)18-25(37-30)23-13-14-24(34)28(19(23)2)38-33(43)44-27-17-21-7-5-6-8-26(21)45-27/h9-14,17-18,29H,4-8,15-16H2,1-3H3,(H,35,41)(H,36,37)(H,38,43). The number of aromatic nitrogens is 2. The van der Waals surface area contributed by atoms with Gasteiger partial charge in [-0.2, -0.15) is 0 Å². The second kappa shape index (κ2) is 12.8. The van der Waals surface area contributed by atoms with Gasteiger partial charge in [-0.05, 0) is 86.2 Å². The summed E-state index contributed by atoms with van der Waals surface area (Å²) in [5.74, 6) is -0.572. The van der Waals surface area contributed by atoms with Gasteiger partial charge in [-0.15, -0.1) is 11.3 Å². The van der Waals surface area contributed by atoms with E-state index in [0.29, 0.717) is 34.1 Å². The topological polar surface area (TPSA) is 118 Å². The number of carbonyl (C=O) groups is 2. The third-order valence-corrected chi connectivity index (χ3v) is 9.48. The summed E-state index contributed by atoms with van der Waals surface area (Å²) in [5.41, 5.74) is 3.69. The number of amides is 2. The SMILES string of the molecule is CCN1CCNC(=O)C1c1ccc(Nc2nc(-c3ccc(F)c(NC(=O)Oc4cc5c(s4)CCCC5)c3C)cn(C)c2=O)cc1. The van der Waals surface area contributed by atoms with E-state index in [1.165, 1.54) is 32.4 Å². The highest BCUT2D eigenvalue weighted by Crippen LogP contribution is 2.35. The van der Waals surface area contributed by atoms with Crippen molar-refractivity contribution < 1.29 is 18.7 Å². The molecule has 0 spiro atoms. The minimum Gasteiger partial charge on any atom is -0.399 e. The van der Waals surface area contributed by atoms with E-state index in [0.717, 1.165) is 44.3 Å². The number of nitrogens with zero attached hydrogens (tertiary/aromatic N) is 3. The highest BCUT2D eigenvalue weighted by Gasteiger charge is 2.30. The molecule has 2 aromatic carbocycles. The first-order valence-corrected chi connectivity index (χ1v) is 15.9. The molecule has 3 heterocycles. The van der Waals surface area contributed by atoms with E-state index in [2.05, 4.69) is 25.8 Å². The van der Waals surface area contributed by atoms with Gasteiger partial charge in [0, 0.05) is 42.5 Å². The van der Waals surface area contributed by atoms with Crippen molar-refractivity contribution in [3.05, 3.63) is 86.4 Å². The number of benzene rings is 2. The normalized spacial score (nSPS) is 16.5. The van der Waals surface area contributed by atoms with Crippen LogP contribution in [0.1, 0.15) is 47.4 Å². The van der Waals surface area contributed by atoms with E-state index >= 15 is 0 Å². The zero-order chi connectivity index (χ0) is 31.7. The molecule has 2 aromatic heterocycles. The first-order valence-electron chi connectivity index (χ1n) is 15.1. The average molecular weight is 631 g/mol. The molecule has 10 nitrogen and oxygen atoms in total. The number of anilines is 3. The van der Waals surface area contributed by atoms with Crippen molar-refractivity contribution in [3.63, 3.8) is 0 Å². The Labute approximate surface area is 264 Å². The van der Waals surface area contributed by atoms with Gasteiger partial charge < -0.3 is 19.9 Å². The van der Waals surface area contributed by atoms with Crippen LogP contribution >= 0.6 is 11.3 Å². The minimum absolute atomic E-state index is 0.0209. The molecule has 45 heavy (non-hydrogen) atoms. The third kappa shape index (κ3) is 6.34. The van der Waals surface area contributed by atoms with Crippen LogP contribution in [0.4, 0.5) is 26.4 Å². The van der Waals surface area contributed by atoms with Crippen LogP contribution in [0, 0.1) is 12.7 Å². The number of carbonyl (C=O) groups excluding carboxylic acids is 2. The predicted octanol–water partition coefficient (Wildman–Crippen LogP) is 5.68. The zero-order valence-electron chi connectivity index (χ0n) is 25.4. The molecular formula is C33H35FN6O4S. The van der Waals surface area contributed by atoms with Crippen molar-refractivity contribution in [2.45, 2.75) is 45.6 Å². The summed E-state index contributed by atoms with van der Waals surface area (Å²) in [6.07, 6.45) is 4.98. The molecular weight excluding hydrogens is 595 g/mol. The molecule has 1 fully saturated rings. The Hall–Kier alpha value is -4.55. The van der Waals surface area contributed by atoms with Gasteiger partial charge in [0.05, 0.1) is 11.4 Å². The van der Waals surface area contributed by atoms with Crippen LogP contribution < -0.4 is 26.2 Å². The lowest BCUT2D eigenvalue weighted by Crippen LogP contribution is -2.49. The fourth-order valence-corrected chi connectivity index (χ4v) is 7.06. The molecule has 12 heteroatoms. The number of piperazine rings is 1. The van der Waals surface area contributed by atoms with Gasteiger partial charge in [0.2, 0.25) is 5.91 Å². The molecule has 2 aliphatic rings. The molecule has 1 aliphatic carbocycles. The van der Waals surface area contributed by atoms with Crippen LogP contribution in [-0.2, 0) is 24.7 Å². The van der Waals surface area contributed by atoms with Crippen molar-refractivity contribution in [2.24, 2.45) is 7.05 Å². The molecule has 3 N–H and O–H groups in total. The predicted molar refractivity (Wildman–Crippen MR) is 173 cm³/mol. The highest BCUT2D eigenvalue weighted by atomic mass is 32.1. The first kappa shape index (κ1) is 30.5. The van der Waals surface area contributed by atoms with Crippen molar-refractivity contribution in [1.82, 2.24) is 19.8 Å². The van der Waals surface area contributed by atoms with E-state index in [1.807, 2.05) is 25.1 Å². The summed E-state index contributed by atoms with van der Waals surface area (Å²) < 4.78 is 21.9. The molecule has 0 bridgehead atoms. The van der Waals surface area contributed by atoms with Crippen molar-refractivity contribution in [1.29, 1.82) is 0 Å². The summed E-state index contributed by atoms with van der Waals surface area (Å²) in [5, 5.41) is 9.07. The molecule has 1 unspecified atom stereocenters. The van der Waals surface area contributed by atoms with Crippen LogP contribution in [0.25, 0.3) is 11.3 Å². The monoisotopic (exact) mass is 630 g/mol. The van der Waals surface area contributed by atoms with Crippen LogP contribution in [-0.4, -0.2) is 46.1 Å². The Morgan fingerprint density at radius 1 is 1.16 bits per heavy atom. The van der Waals surface area contributed by atoms with E-state index in [-0.39, 0.29) is 29.0 Å². The Morgan fingerprint density at radius 3 is 2.69 bits per heavy atom. The lowest BCUT2D eigenvalue weighted by molar-refractivity contribution is -0.129. The number of fused-ring (bicyclic) bond motifs is 1. The van der Waals surface area contributed by atoms with Crippen molar-refractivity contribution in [2.75, 3.05) is 30.3 Å². The van der Waals surface area contributed by atoms with Crippen molar-refractivity contribution in [3.8, 4) is 16.3 Å². The summed E-state index contributed by atoms with van der Waals surface area (Å²) in [6, 6.07) is 11.7. The Kier molecular flexibility index (Phi) is 8.68. The summed E-state index contributed by atoms with van der Waals surface area (Å²) >= 11 is 1.45. The van der Waals surface area contributed by atoms with E-state index in [1.54, 1.807) is 38.4 Å². The molecule has 6 rings (SSSR count). The second-order valence-electron chi connectivity index (χ2n) is 11.3. The minimum atomic E-state index is -0.778. The maximum Gasteiger partial charge on any atom is 0.417 e. The van der Waals surface area contributed by atoms with Crippen LogP contribution in [0.2, 0.25) is 0 Å². The van der Waals surface area contributed by atoms with E-state index in [4.69, 9.17) is 4.74 Å². The zero-order valence-corrected chi connectivity index (χ0v) is 26.2. The molecule has 0 saturated carbocycles. The fourth-order valence-electron chi connectivity index (χ4n) is 5.96.